The van der Waals surface area contributed by atoms with Gasteiger partial charge in [-0.3, -0.25) is 14.3 Å². The second kappa shape index (κ2) is 10.1. The highest BCUT2D eigenvalue weighted by Gasteiger charge is 2.22. The zero-order valence-corrected chi connectivity index (χ0v) is 17.9. The summed E-state index contributed by atoms with van der Waals surface area (Å²) < 4.78 is 2.10. The van der Waals surface area contributed by atoms with Gasteiger partial charge in [-0.2, -0.15) is 0 Å². The monoisotopic (exact) mass is 401 g/mol. The highest BCUT2D eigenvalue weighted by Crippen LogP contribution is 2.26. The van der Waals surface area contributed by atoms with E-state index in [1.165, 1.54) is 31.0 Å². The Morgan fingerprint density at radius 3 is 2.50 bits per heavy atom. The molecule has 1 aliphatic heterocycles. The SMILES string of the molecule is CC(C)CNC(=O)C(C)Sc1nnc(CN2CCCCC2)n1-c1ccccc1. The first kappa shape index (κ1) is 20.9. The van der Waals surface area contributed by atoms with Gasteiger partial charge in [0.05, 0.1) is 11.8 Å². The molecule has 1 aromatic carbocycles. The Balaban J connectivity index is 1.79. The molecule has 1 saturated heterocycles. The molecule has 28 heavy (non-hydrogen) atoms. The molecule has 0 spiro atoms. The molecular formula is C21H31N5OS. The summed E-state index contributed by atoms with van der Waals surface area (Å²) in [5.74, 6) is 1.41. The van der Waals surface area contributed by atoms with Crippen LogP contribution in [0.4, 0.5) is 0 Å². The van der Waals surface area contributed by atoms with E-state index >= 15 is 0 Å². The molecule has 2 aromatic rings. The molecule has 3 rings (SSSR count). The van der Waals surface area contributed by atoms with Gasteiger partial charge in [0.15, 0.2) is 11.0 Å². The van der Waals surface area contributed by atoms with E-state index in [1.54, 1.807) is 0 Å². The number of likely N-dealkylation sites (tertiary alicyclic amines) is 1. The molecule has 2 heterocycles. The molecule has 1 atom stereocenters. The minimum atomic E-state index is -0.228. The van der Waals surface area contributed by atoms with Gasteiger partial charge in [0.1, 0.15) is 0 Å². The fraction of sp³-hybridized carbons (Fsp3) is 0.571. The Morgan fingerprint density at radius 2 is 1.82 bits per heavy atom. The molecule has 1 aliphatic rings. The number of carbonyl (C=O) groups excluding carboxylic acids is 1. The van der Waals surface area contributed by atoms with E-state index in [4.69, 9.17) is 0 Å². The largest absolute Gasteiger partial charge is 0.355 e. The molecule has 0 bridgehead atoms. The van der Waals surface area contributed by atoms with Crippen LogP contribution in [0.5, 0.6) is 0 Å². The average Bonchev–Trinajstić information content (AvgIpc) is 3.09. The number of hydrogen-bond acceptors (Lipinski definition) is 5. The van der Waals surface area contributed by atoms with Gasteiger partial charge in [-0.1, -0.05) is 50.2 Å². The number of rotatable bonds is 8. The van der Waals surface area contributed by atoms with E-state index in [-0.39, 0.29) is 11.2 Å². The molecule has 152 valence electrons. The van der Waals surface area contributed by atoms with Gasteiger partial charge in [0.2, 0.25) is 5.91 Å². The molecule has 7 heteroatoms. The first-order valence-electron chi connectivity index (χ1n) is 10.2. The van der Waals surface area contributed by atoms with E-state index < -0.39 is 0 Å². The first-order chi connectivity index (χ1) is 13.5. The van der Waals surface area contributed by atoms with Gasteiger partial charge < -0.3 is 5.32 Å². The van der Waals surface area contributed by atoms with Gasteiger partial charge in [0, 0.05) is 12.2 Å². The zero-order valence-electron chi connectivity index (χ0n) is 17.1. The maximum absolute atomic E-state index is 12.4. The molecule has 0 radical (unpaired) electrons. The summed E-state index contributed by atoms with van der Waals surface area (Å²) in [6.07, 6.45) is 3.80. The Hall–Kier alpha value is -1.86. The highest BCUT2D eigenvalue weighted by molar-refractivity contribution is 8.00. The molecule has 1 unspecified atom stereocenters. The molecule has 1 N–H and O–H groups in total. The lowest BCUT2D eigenvalue weighted by atomic mass is 10.1. The summed E-state index contributed by atoms with van der Waals surface area (Å²) in [5, 5.41) is 12.5. The summed E-state index contributed by atoms with van der Waals surface area (Å²) in [6.45, 7) is 9.81. The third kappa shape index (κ3) is 5.58. The number of thioether (sulfide) groups is 1. The third-order valence-corrected chi connectivity index (χ3v) is 5.91. The van der Waals surface area contributed by atoms with Crippen molar-refractivity contribution in [3.05, 3.63) is 36.2 Å². The van der Waals surface area contributed by atoms with Gasteiger partial charge in [-0.15, -0.1) is 10.2 Å². The lowest BCUT2D eigenvalue weighted by Crippen LogP contribution is -2.33. The predicted molar refractivity (Wildman–Crippen MR) is 114 cm³/mol. The van der Waals surface area contributed by atoms with Crippen LogP contribution in [-0.4, -0.2) is 50.5 Å². The number of para-hydroxylation sites is 1. The second-order valence-corrected chi connectivity index (χ2v) is 9.11. The van der Waals surface area contributed by atoms with Crippen molar-refractivity contribution in [3.63, 3.8) is 0 Å². The Bertz CT molecular complexity index is 755. The van der Waals surface area contributed by atoms with Crippen molar-refractivity contribution in [1.29, 1.82) is 0 Å². The minimum absolute atomic E-state index is 0.0406. The number of benzene rings is 1. The summed E-state index contributed by atoms with van der Waals surface area (Å²) in [7, 11) is 0. The van der Waals surface area contributed by atoms with Crippen molar-refractivity contribution in [2.24, 2.45) is 5.92 Å². The van der Waals surface area contributed by atoms with Crippen molar-refractivity contribution in [1.82, 2.24) is 25.0 Å². The van der Waals surface area contributed by atoms with Crippen LogP contribution >= 0.6 is 11.8 Å². The van der Waals surface area contributed by atoms with E-state index in [0.29, 0.717) is 12.5 Å². The standard InChI is InChI=1S/C21H31N5OS/c1-16(2)14-22-20(27)17(3)28-21-24-23-19(15-25-12-8-5-9-13-25)26(21)18-10-6-4-7-11-18/h4,6-7,10-11,16-17H,5,8-9,12-15H2,1-3H3,(H,22,27). The minimum Gasteiger partial charge on any atom is -0.355 e. The van der Waals surface area contributed by atoms with Crippen LogP contribution in [-0.2, 0) is 11.3 Å². The topological polar surface area (TPSA) is 63.1 Å². The van der Waals surface area contributed by atoms with Crippen molar-refractivity contribution in [3.8, 4) is 5.69 Å². The number of amides is 1. The summed E-state index contributed by atoms with van der Waals surface area (Å²) in [5.41, 5.74) is 1.04. The number of nitrogens with zero attached hydrogens (tertiary/aromatic N) is 4. The maximum Gasteiger partial charge on any atom is 0.233 e. The van der Waals surface area contributed by atoms with Crippen LogP contribution in [0.1, 0.15) is 45.9 Å². The molecule has 1 fully saturated rings. The Labute approximate surface area is 172 Å². The maximum atomic E-state index is 12.4. The molecule has 1 amide bonds. The van der Waals surface area contributed by atoms with Crippen LogP contribution in [0.15, 0.2) is 35.5 Å². The first-order valence-corrected chi connectivity index (χ1v) is 11.1. The number of nitrogens with one attached hydrogen (secondary N) is 1. The highest BCUT2D eigenvalue weighted by atomic mass is 32.2. The summed E-state index contributed by atoms with van der Waals surface area (Å²) in [4.78, 5) is 14.9. The smallest absolute Gasteiger partial charge is 0.233 e. The predicted octanol–water partition coefficient (Wildman–Crippen LogP) is 3.51. The van der Waals surface area contributed by atoms with Crippen molar-refractivity contribution >= 4 is 17.7 Å². The van der Waals surface area contributed by atoms with Crippen LogP contribution < -0.4 is 5.32 Å². The van der Waals surface area contributed by atoms with Crippen molar-refractivity contribution in [2.45, 2.75) is 57.0 Å². The van der Waals surface area contributed by atoms with Gasteiger partial charge in [-0.25, -0.2) is 0 Å². The number of piperidine rings is 1. The molecule has 1 aromatic heterocycles. The second-order valence-electron chi connectivity index (χ2n) is 7.81. The van der Waals surface area contributed by atoms with E-state index in [2.05, 4.69) is 51.0 Å². The fourth-order valence-corrected chi connectivity index (χ4v) is 4.20. The quantitative estimate of drug-likeness (QED) is 0.686. The Morgan fingerprint density at radius 1 is 1.11 bits per heavy atom. The number of carbonyl (C=O) groups is 1. The van der Waals surface area contributed by atoms with E-state index in [9.17, 15) is 4.79 Å². The van der Waals surface area contributed by atoms with E-state index in [0.717, 1.165) is 36.3 Å². The molecule has 0 saturated carbocycles. The fourth-order valence-electron chi connectivity index (χ4n) is 3.29. The van der Waals surface area contributed by atoms with Crippen LogP contribution in [0, 0.1) is 5.92 Å². The zero-order chi connectivity index (χ0) is 19.9. The molecule has 0 aliphatic carbocycles. The Kier molecular flexibility index (Phi) is 7.50. The third-order valence-electron chi connectivity index (χ3n) is 4.86. The van der Waals surface area contributed by atoms with Crippen LogP contribution in [0.2, 0.25) is 0 Å². The normalized spacial score (nSPS) is 16.3. The van der Waals surface area contributed by atoms with Crippen molar-refractivity contribution < 1.29 is 4.79 Å². The lowest BCUT2D eigenvalue weighted by molar-refractivity contribution is -0.120. The number of hydrogen-bond donors (Lipinski definition) is 1. The average molecular weight is 402 g/mol. The van der Waals surface area contributed by atoms with E-state index in [1.807, 2.05) is 25.1 Å². The molecular weight excluding hydrogens is 370 g/mol. The molecule has 6 nitrogen and oxygen atoms in total. The van der Waals surface area contributed by atoms with Gasteiger partial charge in [-0.05, 0) is 50.9 Å². The summed E-state index contributed by atoms with van der Waals surface area (Å²) in [6, 6.07) is 10.2. The van der Waals surface area contributed by atoms with Gasteiger partial charge in [0.25, 0.3) is 0 Å². The van der Waals surface area contributed by atoms with Gasteiger partial charge >= 0.3 is 0 Å². The lowest BCUT2D eigenvalue weighted by Gasteiger charge is -2.26. The van der Waals surface area contributed by atoms with Crippen LogP contribution in [0.25, 0.3) is 5.69 Å². The van der Waals surface area contributed by atoms with Crippen molar-refractivity contribution in [2.75, 3.05) is 19.6 Å². The summed E-state index contributed by atoms with van der Waals surface area (Å²) >= 11 is 1.47. The van der Waals surface area contributed by atoms with Crippen LogP contribution in [0.3, 0.4) is 0 Å². The number of aromatic nitrogens is 3.